The minimum absolute atomic E-state index is 0.359. The van der Waals surface area contributed by atoms with Gasteiger partial charge in [0.2, 0.25) is 0 Å². The van der Waals surface area contributed by atoms with Crippen molar-refractivity contribution in [2.75, 3.05) is 19.8 Å². The highest BCUT2D eigenvalue weighted by molar-refractivity contribution is 7.07. The van der Waals surface area contributed by atoms with Crippen LogP contribution in [-0.2, 0) is 4.74 Å². The van der Waals surface area contributed by atoms with Gasteiger partial charge in [0.05, 0.1) is 12.6 Å². The molecule has 0 amide bonds. The third-order valence-electron chi connectivity index (χ3n) is 2.03. The van der Waals surface area contributed by atoms with Crippen molar-refractivity contribution in [2.24, 2.45) is 0 Å². The lowest BCUT2D eigenvalue weighted by Gasteiger charge is -2.16. The first-order valence-corrected chi connectivity index (χ1v) is 6.16. The van der Waals surface area contributed by atoms with E-state index in [0.717, 1.165) is 26.2 Å². The zero-order valence-corrected chi connectivity index (χ0v) is 9.77. The van der Waals surface area contributed by atoms with Gasteiger partial charge in [-0.3, -0.25) is 0 Å². The fourth-order valence-corrected chi connectivity index (χ4v) is 2.05. The number of ether oxygens (including phenoxy) is 1. The minimum atomic E-state index is 0.359. The highest BCUT2D eigenvalue weighted by Crippen LogP contribution is 2.16. The maximum atomic E-state index is 5.56. The van der Waals surface area contributed by atoms with Gasteiger partial charge in [-0.05, 0) is 35.4 Å². The lowest BCUT2D eigenvalue weighted by Crippen LogP contribution is -2.25. The molecule has 0 radical (unpaired) electrons. The summed E-state index contributed by atoms with van der Waals surface area (Å²) >= 11 is 1.74. The van der Waals surface area contributed by atoms with Gasteiger partial charge in [0.25, 0.3) is 0 Å². The Morgan fingerprint density at radius 3 is 2.93 bits per heavy atom. The van der Waals surface area contributed by atoms with Gasteiger partial charge in [-0.1, -0.05) is 13.8 Å². The lowest BCUT2D eigenvalue weighted by atomic mass is 10.1. The molecule has 3 heteroatoms. The van der Waals surface area contributed by atoms with E-state index in [0.29, 0.717) is 6.04 Å². The summed E-state index contributed by atoms with van der Waals surface area (Å²) < 4.78 is 5.56. The third kappa shape index (κ3) is 3.78. The van der Waals surface area contributed by atoms with Crippen LogP contribution in [0.5, 0.6) is 0 Å². The fourth-order valence-electron chi connectivity index (χ4n) is 1.34. The van der Waals surface area contributed by atoms with Crippen molar-refractivity contribution in [1.82, 2.24) is 5.32 Å². The van der Waals surface area contributed by atoms with E-state index in [1.54, 1.807) is 11.3 Å². The second kappa shape index (κ2) is 6.98. The summed E-state index contributed by atoms with van der Waals surface area (Å²) in [5.74, 6) is 0. The van der Waals surface area contributed by atoms with Gasteiger partial charge >= 0.3 is 0 Å². The van der Waals surface area contributed by atoms with E-state index < -0.39 is 0 Å². The Labute approximate surface area is 90.3 Å². The number of rotatable bonds is 7. The molecule has 0 saturated carbocycles. The molecule has 1 rings (SSSR count). The Hall–Kier alpha value is -0.380. The van der Waals surface area contributed by atoms with E-state index in [4.69, 9.17) is 4.74 Å². The lowest BCUT2D eigenvalue weighted by molar-refractivity contribution is 0.112. The highest BCUT2D eigenvalue weighted by atomic mass is 32.1. The monoisotopic (exact) mass is 213 g/mol. The summed E-state index contributed by atoms with van der Waals surface area (Å²) in [6.45, 7) is 6.87. The predicted molar refractivity (Wildman–Crippen MR) is 61.8 cm³/mol. The Morgan fingerprint density at radius 1 is 1.50 bits per heavy atom. The molecule has 2 nitrogen and oxygen atoms in total. The number of hydrogen-bond acceptors (Lipinski definition) is 3. The molecule has 0 spiro atoms. The summed E-state index contributed by atoms with van der Waals surface area (Å²) in [5.41, 5.74) is 1.34. The normalized spacial score (nSPS) is 13.0. The third-order valence-corrected chi connectivity index (χ3v) is 2.73. The number of likely N-dealkylation sites (N-methyl/N-ethyl adjacent to an activating group) is 1. The van der Waals surface area contributed by atoms with E-state index in [-0.39, 0.29) is 0 Å². The van der Waals surface area contributed by atoms with E-state index in [9.17, 15) is 0 Å². The Bertz CT molecular complexity index is 223. The average Bonchev–Trinajstić information content (AvgIpc) is 2.70. The quantitative estimate of drug-likeness (QED) is 0.703. The zero-order valence-electron chi connectivity index (χ0n) is 8.95. The molecule has 1 unspecified atom stereocenters. The molecule has 1 atom stereocenters. The first-order chi connectivity index (χ1) is 6.88. The highest BCUT2D eigenvalue weighted by Gasteiger charge is 2.09. The molecule has 0 fully saturated rings. The van der Waals surface area contributed by atoms with Crippen LogP contribution in [0.25, 0.3) is 0 Å². The Balaban J connectivity index is 2.39. The second-order valence-corrected chi connectivity index (χ2v) is 4.02. The molecule has 0 saturated heterocycles. The molecule has 0 aliphatic heterocycles. The van der Waals surface area contributed by atoms with Gasteiger partial charge in [0.1, 0.15) is 0 Å². The van der Waals surface area contributed by atoms with Gasteiger partial charge in [-0.15, -0.1) is 0 Å². The van der Waals surface area contributed by atoms with E-state index in [1.165, 1.54) is 5.56 Å². The molecule has 1 aromatic heterocycles. The van der Waals surface area contributed by atoms with Crippen molar-refractivity contribution in [1.29, 1.82) is 0 Å². The van der Waals surface area contributed by atoms with E-state index in [2.05, 4.69) is 36.0 Å². The molecular weight excluding hydrogens is 194 g/mol. The molecule has 14 heavy (non-hydrogen) atoms. The van der Waals surface area contributed by atoms with E-state index >= 15 is 0 Å². The molecule has 0 aliphatic rings. The fraction of sp³-hybridized carbons (Fsp3) is 0.636. The van der Waals surface area contributed by atoms with E-state index in [1.807, 2.05) is 0 Å². The molecular formula is C11H19NOS. The van der Waals surface area contributed by atoms with Crippen molar-refractivity contribution < 1.29 is 4.74 Å². The average molecular weight is 213 g/mol. The van der Waals surface area contributed by atoms with Crippen LogP contribution in [0, 0.1) is 0 Å². The van der Waals surface area contributed by atoms with Gasteiger partial charge in [0, 0.05) is 6.61 Å². The summed E-state index contributed by atoms with van der Waals surface area (Å²) in [6, 6.07) is 2.52. The van der Waals surface area contributed by atoms with Crippen molar-refractivity contribution in [3.8, 4) is 0 Å². The molecule has 1 N–H and O–H groups in total. The van der Waals surface area contributed by atoms with Gasteiger partial charge in [-0.2, -0.15) is 11.3 Å². The largest absolute Gasteiger partial charge is 0.379 e. The molecule has 80 valence electrons. The topological polar surface area (TPSA) is 21.3 Å². The first-order valence-electron chi connectivity index (χ1n) is 5.21. The second-order valence-electron chi connectivity index (χ2n) is 3.24. The zero-order chi connectivity index (χ0) is 10.2. The summed E-state index contributed by atoms with van der Waals surface area (Å²) in [6.07, 6.45) is 1.09. The van der Waals surface area contributed by atoms with Crippen molar-refractivity contribution in [2.45, 2.75) is 26.3 Å². The van der Waals surface area contributed by atoms with Crippen LogP contribution in [0.3, 0.4) is 0 Å². The molecule has 0 aliphatic carbocycles. The Kier molecular flexibility index (Phi) is 5.83. The van der Waals surface area contributed by atoms with Crippen LogP contribution < -0.4 is 5.32 Å². The number of nitrogens with one attached hydrogen (secondary N) is 1. The predicted octanol–water partition coefficient (Wildman–Crippen LogP) is 2.83. The van der Waals surface area contributed by atoms with Crippen molar-refractivity contribution in [3.05, 3.63) is 22.4 Å². The standard InChI is InChI=1S/C11H19NOS/c1-3-6-13-8-11(12-4-2)10-5-7-14-9-10/h5,7,9,11-12H,3-4,6,8H2,1-2H3. The number of hydrogen-bond donors (Lipinski definition) is 1. The SMILES string of the molecule is CCCOCC(NCC)c1ccsc1. The van der Waals surface area contributed by atoms with Gasteiger partial charge in [0.15, 0.2) is 0 Å². The molecule has 0 aromatic carbocycles. The van der Waals surface area contributed by atoms with Crippen LogP contribution in [0.2, 0.25) is 0 Å². The Morgan fingerprint density at radius 2 is 2.36 bits per heavy atom. The summed E-state index contributed by atoms with van der Waals surface area (Å²) in [4.78, 5) is 0. The summed E-state index contributed by atoms with van der Waals surface area (Å²) in [5, 5.41) is 7.72. The maximum absolute atomic E-state index is 5.56. The van der Waals surface area contributed by atoms with Gasteiger partial charge < -0.3 is 10.1 Å². The molecule has 1 aromatic rings. The maximum Gasteiger partial charge on any atom is 0.0661 e. The minimum Gasteiger partial charge on any atom is -0.379 e. The number of thiophene rings is 1. The van der Waals surface area contributed by atoms with Gasteiger partial charge in [-0.25, -0.2) is 0 Å². The van der Waals surface area contributed by atoms with Crippen LogP contribution in [0.15, 0.2) is 16.8 Å². The van der Waals surface area contributed by atoms with Crippen molar-refractivity contribution in [3.63, 3.8) is 0 Å². The molecule has 1 heterocycles. The van der Waals surface area contributed by atoms with Crippen LogP contribution in [-0.4, -0.2) is 19.8 Å². The van der Waals surface area contributed by atoms with Crippen LogP contribution in [0.1, 0.15) is 31.9 Å². The van der Waals surface area contributed by atoms with Crippen LogP contribution in [0.4, 0.5) is 0 Å². The van der Waals surface area contributed by atoms with Crippen LogP contribution >= 0.6 is 11.3 Å². The smallest absolute Gasteiger partial charge is 0.0661 e. The first kappa shape index (κ1) is 11.7. The summed E-state index contributed by atoms with van der Waals surface area (Å²) in [7, 11) is 0. The van der Waals surface area contributed by atoms with Crippen molar-refractivity contribution >= 4 is 11.3 Å². The molecule has 0 bridgehead atoms.